The summed E-state index contributed by atoms with van der Waals surface area (Å²) in [5, 5.41) is 2.87. The number of hydrogen-bond donors (Lipinski definition) is 2. The third-order valence-corrected chi connectivity index (χ3v) is 3.42. The SMILES string of the molecule is CCN(CC)CCNC(=O)c1cc(OC)cc(OC)c1N. The van der Waals surface area contributed by atoms with Crippen LogP contribution in [-0.4, -0.2) is 51.2 Å². The molecule has 1 aromatic carbocycles. The van der Waals surface area contributed by atoms with E-state index in [1.165, 1.54) is 14.2 Å². The second-order valence-corrected chi connectivity index (χ2v) is 4.57. The summed E-state index contributed by atoms with van der Waals surface area (Å²) in [7, 11) is 3.04. The predicted molar refractivity (Wildman–Crippen MR) is 84.1 cm³/mol. The van der Waals surface area contributed by atoms with E-state index in [0.29, 0.717) is 29.3 Å². The van der Waals surface area contributed by atoms with Crippen molar-refractivity contribution in [1.29, 1.82) is 0 Å². The van der Waals surface area contributed by atoms with Gasteiger partial charge in [-0.2, -0.15) is 0 Å². The summed E-state index contributed by atoms with van der Waals surface area (Å²) in [5.41, 5.74) is 6.64. The number of hydrogen-bond acceptors (Lipinski definition) is 5. The number of benzene rings is 1. The molecule has 0 atom stereocenters. The number of nitrogens with zero attached hydrogens (tertiary/aromatic N) is 1. The number of ether oxygens (including phenoxy) is 2. The minimum absolute atomic E-state index is 0.225. The molecule has 6 heteroatoms. The van der Waals surface area contributed by atoms with Crippen LogP contribution < -0.4 is 20.5 Å². The minimum atomic E-state index is -0.225. The van der Waals surface area contributed by atoms with E-state index in [-0.39, 0.29) is 5.91 Å². The van der Waals surface area contributed by atoms with Gasteiger partial charge in [0.2, 0.25) is 0 Å². The lowest BCUT2D eigenvalue weighted by Crippen LogP contribution is -2.35. The summed E-state index contributed by atoms with van der Waals surface area (Å²) < 4.78 is 10.3. The number of rotatable bonds is 8. The molecular weight excluding hydrogens is 270 g/mol. The largest absolute Gasteiger partial charge is 0.497 e. The number of anilines is 1. The fourth-order valence-electron chi connectivity index (χ4n) is 2.04. The highest BCUT2D eigenvalue weighted by Crippen LogP contribution is 2.30. The molecule has 0 heterocycles. The molecule has 0 fully saturated rings. The third kappa shape index (κ3) is 4.53. The lowest BCUT2D eigenvalue weighted by atomic mass is 10.1. The van der Waals surface area contributed by atoms with Gasteiger partial charge in [-0.15, -0.1) is 0 Å². The summed E-state index contributed by atoms with van der Waals surface area (Å²) in [4.78, 5) is 14.5. The number of amides is 1. The highest BCUT2D eigenvalue weighted by Gasteiger charge is 2.15. The number of carbonyl (C=O) groups is 1. The van der Waals surface area contributed by atoms with E-state index in [9.17, 15) is 4.79 Å². The summed E-state index contributed by atoms with van der Waals surface area (Å²) in [6.45, 7) is 7.48. The zero-order valence-electron chi connectivity index (χ0n) is 13.2. The first-order valence-electron chi connectivity index (χ1n) is 7.09. The summed E-state index contributed by atoms with van der Waals surface area (Å²) in [6, 6.07) is 3.27. The molecule has 1 amide bonds. The Labute approximate surface area is 126 Å². The molecule has 3 N–H and O–H groups in total. The quantitative estimate of drug-likeness (QED) is 0.708. The van der Waals surface area contributed by atoms with Crippen molar-refractivity contribution in [1.82, 2.24) is 10.2 Å². The highest BCUT2D eigenvalue weighted by atomic mass is 16.5. The minimum Gasteiger partial charge on any atom is -0.497 e. The Bertz CT molecular complexity index is 473. The maximum absolute atomic E-state index is 12.2. The van der Waals surface area contributed by atoms with E-state index in [1.807, 2.05) is 0 Å². The molecule has 21 heavy (non-hydrogen) atoms. The van der Waals surface area contributed by atoms with Crippen LogP contribution in [0.2, 0.25) is 0 Å². The Morgan fingerprint density at radius 2 is 1.90 bits per heavy atom. The van der Waals surface area contributed by atoms with Gasteiger partial charge in [0.15, 0.2) is 0 Å². The molecule has 0 spiro atoms. The normalized spacial score (nSPS) is 10.5. The molecule has 0 saturated heterocycles. The van der Waals surface area contributed by atoms with Gasteiger partial charge in [-0.05, 0) is 19.2 Å². The maximum atomic E-state index is 12.2. The smallest absolute Gasteiger partial charge is 0.253 e. The number of likely N-dealkylation sites (N-methyl/N-ethyl adjacent to an activating group) is 1. The van der Waals surface area contributed by atoms with E-state index in [1.54, 1.807) is 12.1 Å². The van der Waals surface area contributed by atoms with Crippen LogP contribution in [0.4, 0.5) is 5.69 Å². The molecule has 118 valence electrons. The van der Waals surface area contributed by atoms with Gasteiger partial charge in [-0.1, -0.05) is 13.8 Å². The number of nitrogens with one attached hydrogen (secondary N) is 1. The Morgan fingerprint density at radius 3 is 2.43 bits per heavy atom. The van der Waals surface area contributed by atoms with E-state index in [4.69, 9.17) is 15.2 Å². The standard InChI is InChI=1S/C15H25N3O3/c1-5-18(6-2)8-7-17-15(19)12-9-11(20-3)10-13(21-4)14(12)16/h9-10H,5-8,16H2,1-4H3,(H,17,19). The van der Waals surface area contributed by atoms with Crippen LogP contribution in [-0.2, 0) is 0 Å². The lowest BCUT2D eigenvalue weighted by Gasteiger charge is -2.18. The number of nitrogen functional groups attached to an aromatic ring is 1. The van der Waals surface area contributed by atoms with Crippen LogP contribution in [0.25, 0.3) is 0 Å². The molecule has 1 rings (SSSR count). The van der Waals surface area contributed by atoms with E-state index >= 15 is 0 Å². The van der Waals surface area contributed by atoms with Gasteiger partial charge in [-0.3, -0.25) is 4.79 Å². The number of methoxy groups -OCH3 is 2. The van der Waals surface area contributed by atoms with Crippen LogP contribution in [0, 0.1) is 0 Å². The summed E-state index contributed by atoms with van der Waals surface area (Å²) in [6.07, 6.45) is 0. The molecule has 0 radical (unpaired) electrons. The lowest BCUT2D eigenvalue weighted by molar-refractivity contribution is 0.0949. The molecule has 6 nitrogen and oxygen atoms in total. The fraction of sp³-hybridized carbons (Fsp3) is 0.533. The first kappa shape index (κ1) is 17.1. The summed E-state index contributed by atoms with van der Waals surface area (Å²) >= 11 is 0. The van der Waals surface area contributed by atoms with Gasteiger partial charge in [0.05, 0.1) is 25.5 Å². The predicted octanol–water partition coefficient (Wildman–Crippen LogP) is 1.36. The van der Waals surface area contributed by atoms with Crippen molar-refractivity contribution in [2.75, 3.05) is 46.1 Å². The van der Waals surface area contributed by atoms with Crippen molar-refractivity contribution in [3.63, 3.8) is 0 Å². The third-order valence-electron chi connectivity index (χ3n) is 3.42. The zero-order chi connectivity index (χ0) is 15.8. The highest BCUT2D eigenvalue weighted by molar-refractivity contribution is 6.00. The van der Waals surface area contributed by atoms with Crippen LogP contribution in [0.15, 0.2) is 12.1 Å². The molecular formula is C15H25N3O3. The molecule has 0 bridgehead atoms. The van der Waals surface area contributed by atoms with Gasteiger partial charge in [0.25, 0.3) is 5.91 Å². The molecule has 0 aliphatic carbocycles. The van der Waals surface area contributed by atoms with Gasteiger partial charge in [-0.25, -0.2) is 0 Å². The molecule has 0 aliphatic heterocycles. The van der Waals surface area contributed by atoms with Crippen molar-refractivity contribution < 1.29 is 14.3 Å². The fourth-order valence-corrected chi connectivity index (χ4v) is 2.04. The molecule has 1 aromatic rings. The van der Waals surface area contributed by atoms with Crippen LogP contribution in [0.1, 0.15) is 24.2 Å². The molecule has 0 aliphatic rings. The zero-order valence-corrected chi connectivity index (χ0v) is 13.2. The van der Waals surface area contributed by atoms with E-state index in [2.05, 4.69) is 24.1 Å². The summed E-state index contributed by atoms with van der Waals surface area (Å²) in [5.74, 6) is 0.745. The van der Waals surface area contributed by atoms with Crippen molar-refractivity contribution in [2.45, 2.75) is 13.8 Å². The topological polar surface area (TPSA) is 76.8 Å². The molecule has 0 unspecified atom stereocenters. The average molecular weight is 295 g/mol. The van der Waals surface area contributed by atoms with Crippen molar-refractivity contribution in [2.24, 2.45) is 0 Å². The van der Waals surface area contributed by atoms with Crippen LogP contribution in [0.5, 0.6) is 11.5 Å². The van der Waals surface area contributed by atoms with Crippen molar-refractivity contribution in [3.05, 3.63) is 17.7 Å². The van der Waals surface area contributed by atoms with Crippen molar-refractivity contribution >= 4 is 11.6 Å². The van der Waals surface area contributed by atoms with Crippen LogP contribution in [0.3, 0.4) is 0 Å². The first-order chi connectivity index (χ1) is 10.1. The second-order valence-electron chi connectivity index (χ2n) is 4.57. The van der Waals surface area contributed by atoms with Crippen molar-refractivity contribution in [3.8, 4) is 11.5 Å². The first-order valence-corrected chi connectivity index (χ1v) is 7.09. The Kier molecular flexibility index (Phi) is 6.81. The van der Waals surface area contributed by atoms with Gasteiger partial charge in [0, 0.05) is 19.2 Å². The monoisotopic (exact) mass is 295 g/mol. The molecule has 0 aromatic heterocycles. The average Bonchev–Trinajstić information content (AvgIpc) is 2.51. The number of nitrogens with two attached hydrogens (primary N) is 1. The maximum Gasteiger partial charge on any atom is 0.253 e. The Hall–Kier alpha value is -1.95. The van der Waals surface area contributed by atoms with Gasteiger partial charge < -0.3 is 25.4 Å². The van der Waals surface area contributed by atoms with Crippen LogP contribution >= 0.6 is 0 Å². The Morgan fingerprint density at radius 1 is 1.24 bits per heavy atom. The van der Waals surface area contributed by atoms with E-state index < -0.39 is 0 Å². The Balaban J connectivity index is 2.77. The number of carbonyl (C=O) groups excluding carboxylic acids is 1. The van der Waals surface area contributed by atoms with Gasteiger partial charge in [0.1, 0.15) is 11.5 Å². The van der Waals surface area contributed by atoms with E-state index in [0.717, 1.165) is 19.6 Å². The molecule has 0 saturated carbocycles. The second kappa shape index (κ2) is 8.36. The van der Waals surface area contributed by atoms with Gasteiger partial charge >= 0.3 is 0 Å².